The van der Waals surface area contributed by atoms with Gasteiger partial charge in [-0.1, -0.05) is 0 Å². The number of carbonyl (C=O) groups is 2. The lowest BCUT2D eigenvalue weighted by molar-refractivity contribution is -0.148. The Morgan fingerprint density at radius 1 is 1.56 bits per heavy atom. The standard InChI is InChI=1S/C11H20N2O5/c1-18-4-2-3-8(12)10(15)13-6-7(14)5-9(13)11(16)17/h7-9,14H,2-6,12H2,1H3,(H,16,17). The molecule has 0 aliphatic carbocycles. The third-order valence-corrected chi connectivity index (χ3v) is 3.03. The first kappa shape index (κ1) is 14.9. The van der Waals surface area contributed by atoms with Gasteiger partial charge >= 0.3 is 5.97 Å². The number of likely N-dealkylation sites (tertiary alicyclic amines) is 1. The van der Waals surface area contributed by atoms with Gasteiger partial charge in [-0.05, 0) is 12.8 Å². The molecule has 7 heteroatoms. The van der Waals surface area contributed by atoms with Gasteiger partial charge < -0.3 is 25.6 Å². The van der Waals surface area contributed by atoms with Crippen LogP contribution < -0.4 is 5.73 Å². The van der Waals surface area contributed by atoms with Gasteiger partial charge in [0.2, 0.25) is 5.91 Å². The zero-order valence-electron chi connectivity index (χ0n) is 10.4. The normalized spacial score (nSPS) is 25.2. The highest BCUT2D eigenvalue weighted by Gasteiger charge is 2.40. The van der Waals surface area contributed by atoms with Crippen LogP contribution in [0.15, 0.2) is 0 Å². The minimum Gasteiger partial charge on any atom is -0.480 e. The SMILES string of the molecule is COCCCC(N)C(=O)N1CC(O)CC1C(=O)O. The van der Waals surface area contributed by atoms with Gasteiger partial charge in [-0.15, -0.1) is 0 Å². The number of ether oxygens (including phenoxy) is 1. The van der Waals surface area contributed by atoms with Gasteiger partial charge in [-0.2, -0.15) is 0 Å². The first-order valence-corrected chi connectivity index (χ1v) is 5.93. The predicted octanol–water partition coefficient (Wildman–Crippen LogP) is -1.21. The molecule has 1 aliphatic rings. The van der Waals surface area contributed by atoms with E-state index in [2.05, 4.69) is 0 Å². The van der Waals surface area contributed by atoms with Crippen molar-refractivity contribution in [2.24, 2.45) is 5.73 Å². The Hall–Kier alpha value is -1.18. The third kappa shape index (κ3) is 3.66. The summed E-state index contributed by atoms with van der Waals surface area (Å²) >= 11 is 0. The van der Waals surface area contributed by atoms with Crippen LogP contribution in [0.4, 0.5) is 0 Å². The van der Waals surface area contributed by atoms with E-state index in [0.717, 1.165) is 4.90 Å². The second-order valence-corrected chi connectivity index (χ2v) is 4.48. The second kappa shape index (κ2) is 6.67. The number of carboxylic acids is 1. The van der Waals surface area contributed by atoms with Crippen molar-refractivity contribution in [1.82, 2.24) is 4.90 Å². The van der Waals surface area contributed by atoms with Gasteiger partial charge in [-0.25, -0.2) is 4.79 Å². The number of aliphatic hydroxyl groups is 1. The number of rotatable bonds is 6. The van der Waals surface area contributed by atoms with Crippen molar-refractivity contribution in [2.45, 2.75) is 37.5 Å². The third-order valence-electron chi connectivity index (χ3n) is 3.03. The number of β-amino-alcohol motifs (C(OH)–C–C–N with tert-alkyl or cyclic N) is 1. The Balaban J connectivity index is 2.56. The molecule has 1 heterocycles. The van der Waals surface area contributed by atoms with E-state index >= 15 is 0 Å². The smallest absolute Gasteiger partial charge is 0.326 e. The number of carbonyl (C=O) groups excluding carboxylic acids is 1. The second-order valence-electron chi connectivity index (χ2n) is 4.48. The molecule has 3 unspecified atom stereocenters. The molecule has 0 aromatic heterocycles. The lowest BCUT2D eigenvalue weighted by atomic mass is 10.1. The first-order chi connectivity index (χ1) is 8.47. The fourth-order valence-electron chi connectivity index (χ4n) is 2.08. The van der Waals surface area contributed by atoms with Crippen molar-refractivity contribution in [3.63, 3.8) is 0 Å². The molecular weight excluding hydrogens is 240 g/mol. The summed E-state index contributed by atoms with van der Waals surface area (Å²) in [5.74, 6) is -1.53. The maximum Gasteiger partial charge on any atom is 0.326 e. The van der Waals surface area contributed by atoms with Crippen molar-refractivity contribution >= 4 is 11.9 Å². The molecule has 1 fully saturated rings. The number of amides is 1. The van der Waals surface area contributed by atoms with Crippen LogP contribution in [0.5, 0.6) is 0 Å². The Morgan fingerprint density at radius 2 is 2.22 bits per heavy atom. The highest BCUT2D eigenvalue weighted by Crippen LogP contribution is 2.19. The van der Waals surface area contributed by atoms with Gasteiger partial charge in [0.05, 0.1) is 12.1 Å². The van der Waals surface area contributed by atoms with Crippen LogP contribution in [0.3, 0.4) is 0 Å². The zero-order chi connectivity index (χ0) is 13.7. The minimum absolute atomic E-state index is 0.0355. The van der Waals surface area contributed by atoms with Crippen molar-refractivity contribution in [3.05, 3.63) is 0 Å². The topological polar surface area (TPSA) is 113 Å². The average Bonchev–Trinajstić information content (AvgIpc) is 2.70. The highest BCUT2D eigenvalue weighted by atomic mass is 16.5. The van der Waals surface area contributed by atoms with E-state index < -0.39 is 30.1 Å². The molecule has 1 amide bonds. The van der Waals surface area contributed by atoms with Crippen LogP contribution in [-0.4, -0.2) is 65.4 Å². The number of aliphatic hydroxyl groups excluding tert-OH is 1. The van der Waals surface area contributed by atoms with Crippen molar-refractivity contribution in [1.29, 1.82) is 0 Å². The van der Waals surface area contributed by atoms with E-state index in [1.54, 1.807) is 7.11 Å². The number of nitrogens with two attached hydrogens (primary N) is 1. The number of aliphatic carboxylic acids is 1. The largest absolute Gasteiger partial charge is 0.480 e. The van der Waals surface area contributed by atoms with Crippen LogP contribution in [0.2, 0.25) is 0 Å². The van der Waals surface area contributed by atoms with Crippen LogP contribution in [0.25, 0.3) is 0 Å². The van der Waals surface area contributed by atoms with E-state index in [0.29, 0.717) is 19.4 Å². The molecule has 4 N–H and O–H groups in total. The van der Waals surface area contributed by atoms with E-state index in [9.17, 15) is 14.7 Å². The molecule has 0 radical (unpaired) electrons. The van der Waals surface area contributed by atoms with Gasteiger partial charge in [0.1, 0.15) is 6.04 Å². The van der Waals surface area contributed by atoms with Crippen LogP contribution in [0.1, 0.15) is 19.3 Å². The van der Waals surface area contributed by atoms with E-state index in [4.69, 9.17) is 15.6 Å². The van der Waals surface area contributed by atoms with Crippen molar-refractivity contribution in [3.8, 4) is 0 Å². The Bertz CT molecular complexity index is 310. The van der Waals surface area contributed by atoms with Crippen molar-refractivity contribution in [2.75, 3.05) is 20.3 Å². The molecule has 1 aliphatic heterocycles. The zero-order valence-corrected chi connectivity index (χ0v) is 10.4. The fourth-order valence-corrected chi connectivity index (χ4v) is 2.08. The average molecular weight is 260 g/mol. The summed E-state index contributed by atoms with van der Waals surface area (Å²) in [6, 6.07) is -1.71. The fraction of sp³-hybridized carbons (Fsp3) is 0.818. The molecule has 3 atom stereocenters. The summed E-state index contributed by atoms with van der Waals surface area (Å²) in [6.45, 7) is 0.541. The number of hydrogen-bond donors (Lipinski definition) is 3. The number of nitrogens with zero attached hydrogens (tertiary/aromatic N) is 1. The number of hydrogen-bond acceptors (Lipinski definition) is 5. The maximum absolute atomic E-state index is 12.0. The Kier molecular flexibility index (Phi) is 5.52. The Morgan fingerprint density at radius 3 is 2.78 bits per heavy atom. The molecule has 0 aromatic rings. The molecule has 1 saturated heterocycles. The summed E-state index contributed by atoms with van der Waals surface area (Å²) < 4.78 is 4.86. The van der Waals surface area contributed by atoms with Gasteiger partial charge in [0, 0.05) is 26.7 Å². The van der Waals surface area contributed by atoms with Crippen molar-refractivity contribution < 1.29 is 24.5 Å². The molecule has 7 nitrogen and oxygen atoms in total. The molecule has 1 rings (SSSR count). The molecule has 0 bridgehead atoms. The summed E-state index contributed by atoms with van der Waals surface area (Å²) in [5, 5.41) is 18.4. The van der Waals surface area contributed by atoms with E-state index in [1.165, 1.54) is 0 Å². The molecule has 104 valence electrons. The number of methoxy groups -OCH3 is 1. The Labute approximate surface area is 106 Å². The first-order valence-electron chi connectivity index (χ1n) is 5.93. The summed E-state index contributed by atoms with van der Waals surface area (Å²) in [7, 11) is 1.56. The quantitative estimate of drug-likeness (QED) is 0.516. The molecule has 0 spiro atoms. The van der Waals surface area contributed by atoms with Gasteiger partial charge in [0.15, 0.2) is 0 Å². The lowest BCUT2D eigenvalue weighted by Gasteiger charge is -2.24. The minimum atomic E-state index is -1.11. The highest BCUT2D eigenvalue weighted by molar-refractivity contribution is 5.87. The van der Waals surface area contributed by atoms with Gasteiger partial charge in [0.25, 0.3) is 0 Å². The van der Waals surface area contributed by atoms with E-state index in [1.807, 2.05) is 0 Å². The summed E-state index contributed by atoms with van der Waals surface area (Å²) in [5.41, 5.74) is 5.72. The van der Waals surface area contributed by atoms with Crippen LogP contribution in [0, 0.1) is 0 Å². The van der Waals surface area contributed by atoms with Gasteiger partial charge in [-0.3, -0.25) is 4.79 Å². The number of carboxylic acid groups (broad SMARTS) is 1. The van der Waals surface area contributed by atoms with Crippen LogP contribution >= 0.6 is 0 Å². The summed E-state index contributed by atoms with van der Waals surface area (Å²) in [4.78, 5) is 24.1. The summed E-state index contributed by atoms with van der Waals surface area (Å²) in [6.07, 6.45) is 0.343. The maximum atomic E-state index is 12.0. The molecule has 0 aromatic carbocycles. The lowest BCUT2D eigenvalue weighted by Crippen LogP contribution is -2.48. The molecular formula is C11H20N2O5. The molecule has 0 saturated carbocycles. The predicted molar refractivity (Wildman–Crippen MR) is 62.8 cm³/mol. The van der Waals surface area contributed by atoms with Crippen LogP contribution in [-0.2, 0) is 14.3 Å². The monoisotopic (exact) mass is 260 g/mol. The van der Waals surface area contributed by atoms with E-state index in [-0.39, 0.29) is 13.0 Å². The molecule has 18 heavy (non-hydrogen) atoms.